The first kappa shape index (κ1) is 17.9. The van der Waals surface area contributed by atoms with Crippen LogP contribution in [0.3, 0.4) is 0 Å². The molecule has 1 N–H and O–H groups in total. The molecule has 4 aromatic rings. The number of aromatic nitrogens is 2. The number of imidazole rings is 1. The third-order valence-electron chi connectivity index (χ3n) is 4.63. The number of halogens is 1. The molecule has 3 aromatic carbocycles. The van der Waals surface area contributed by atoms with Gasteiger partial charge >= 0.3 is 0 Å². The van der Waals surface area contributed by atoms with Crippen LogP contribution in [0.1, 0.15) is 17.0 Å². The van der Waals surface area contributed by atoms with Crippen molar-refractivity contribution in [3.63, 3.8) is 0 Å². The van der Waals surface area contributed by atoms with E-state index >= 15 is 0 Å². The summed E-state index contributed by atoms with van der Waals surface area (Å²) in [6.07, 6.45) is 0.614. The number of aryl methyl sites for hydroxylation is 1. The highest BCUT2D eigenvalue weighted by Crippen LogP contribution is 2.20. The van der Waals surface area contributed by atoms with Crippen molar-refractivity contribution in [2.45, 2.75) is 19.9 Å². The van der Waals surface area contributed by atoms with Crippen LogP contribution >= 0.6 is 0 Å². The zero-order valence-electron chi connectivity index (χ0n) is 15.5. The van der Waals surface area contributed by atoms with Gasteiger partial charge in [-0.05, 0) is 36.8 Å². The quantitative estimate of drug-likeness (QED) is 0.551. The minimum Gasteiger partial charge on any atom is -0.322 e. The Labute approximate surface area is 162 Å². The highest BCUT2D eigenvalue weighted by atomic mass is 19.1. The Bertz CT molecular complexity index is 1150. The molecule has 0 fully saturated rings. The molecule has 0 saturated carbocycles. The van der Waals surface area contributed by atoms with Crippen LogP contribution in [0.15, 0.2) is 72.8 Å². The van der Waals surface area contributed by atoms with E-state index in [2.05, 4.69) is 17.4 Å². The molecule has 140 valence electrons. The van der Waals surface area contributed by atoms with Gasteiger partial charge in [0.25, 0.3) is 0 Å². The predicted molar refractivity (Wildman–Crippen MR) is 109 cm³/mol. The van der Waals surface area contributed by atoms with Crippen LogP contribution in [0, 0.1) is 12.7 Å². The molecule has 1 aromatic heterocycles. The van der Waals surface area contributed by atoms with Crippen molar-refractivity contribution in [2.75, 3.05) is 5.32 Å². The van der Waals surface area contributed by atoms with Gasteiger partial charge in [-0.15, -0.1) is 0 Å². The van der Waals surface area contributed by atoms with E-state index in [-0.39, 0.29) is 18.1 Å². The van der Waals surface area contributed by atoms with Crippen LogP contribution in [0.25, 0.3) is 11.0 Å². The molecule has 5 heteroatoms. The van der Waals surface area contributed by atoms with Crippen molar-refractivity contribution in [3.05, 3.63) is 95.6 Å². The predicted octanol–water partition coefficient (Wildman–Crippen LogP) is 4.71. The van der Waals surface area contributed by atoms with E-state index in [1.54, 1.807) is 18.2 Å². The molecule has 28 heavy (non-hydrogen) atoms. The van der Waals surface area contributed by atoms with Crippen LogP contribution < -0.4 is 5.32 Å². The number of nitrogens with one attached hydrogen (secondary N) is 1. The summed E-state index contributed by atoms with van der Waals surface area (Å²) in [5, 5.41) is 2.65. The van der Waals surface area contributed by atoms with E-state index in [1.165, 1.54) is 11.6 Å². The highest BCUT2D eigenvalue weighted by molar-refractivity contribution is 5.91. The number of anilines is 1. The Balaban J connectivity index is 1.65. The number of para-hydroxylation sites is 3. The fourth-order valence-electron chi connectivity index (χ4n) is 3.34. The van der Waals surface area contributed by atoms with Gasteiger partial charge in [-0.1, -0.05) is 54.1 Å². The van der Waals surface area contributed by atoms with E-state index in [0.717, 1.165) is 22.4 Å². The largest absolute Gasteiger partial charge is 0.322 e. The zero-order chi connectivity index (χ0) is 19.5. The van der Waals surface area contributed by atoms with Gasteiger partial charge in [0.05, 0.1) is 16.7 Å². The molecule has 0 aliphatic rings. The third kappa shape index (κ3) is 3.78. The first-order chi connectivity index (χ1) is 13.6. The first-order valence-corrected chi connectivity index (χ1v) is 9.14. The van der Waals surface area contributed by atoms with Crippen LogP contribution in [0.4, 0.5) is 10.1 Å². The Hall–Kier alpha value is -3.47. The number of carbonyl (C=O) groups is 1. The molecule has 0 saturated heterocycles. The first-order valence-electron chi connectivity index (χ1n) is 9.14. The molecule has 4 nitrogen and oxygen atoms in total. The minimum atomic E-state index is -0.452. The summed E-state index contributed by atoms with van der Waals surface area (Å²) in [7, 11) is 0. The SMILES string of the molecule is Cc1cccc(Cc2nc3ccccc3n2CC(=O)Nc2ccccc2F)c1. The van der Waals surface area contributed by atoms with E-state index in [1.807, 2.05) is 47.9 Å². The van der Waals surface area contributed by atoms with Crippen molar-refractivity contribution >= 4 is 22.6 Å². The van der Waals surface area contributed by atoms with Gasteiger partial charge < -0.3 is 9.88 Å². The number of amides is 1. The average Bonchev–Trinajstić information content (AvgIpc) is 3.01. The molecule has 0 spiro atoms. The number of rotatable bonds is 5. The van der Waals surface area contributed by atoms with Crippen molar-refractivity contribution in [1.29, 1.82) is 0 Å². The lowest BCUT2D eigenvalue weighted by atomic mass is 10.1. The molecular formula is C23H20FN3O. The Morgan fingerprint density at radius 2 is 1.82 bits per heavy atom. The van der Waals surface area contributed by atoms with Crippen LogP contribution in [-0.2, 0) is 17.8 Å². The minimum absolute atomic E-state index is 0.0655. The van der Waals surface area contributed by atoms with Crippen molar-refractivity contribution in [3.8, 4) is 0 Å². The number of hydrogen-bond donors (Lipinski definition) is 1. The maximum absolute atomic E-state index is 13.9. The van der Waals surface area contributed by atoms with E-state index in [4.69, 9.17) is 4.98 Å². The normalized spacial score (nSPS) is 10.9. The van der Waals surface area contributed by atoms with Gasteiger partial charge in [-0.25, -0.2) is 9.37 Å². The smallest absolute Gasteiger partial charge is 0.244 e. The van der Waals surface area contributed by atoms with Gasteiger partial charge in [-0.2, -0.15) is 0 Å². The fraction of sp³-hybridized carbons (Fsp3) is 0.130. The summed E-state index contributed by atoms with van der Waals surface area (Å²) in [5.41, 5.74) is 4.21. The zero-order valence-corrected chi connectivity index (χ0v) is 15.5. The van der Waals surface area contributed by atoms with Crippen molar-refractivity contribution < 1.29 is 9.18 Å². The molecule has 4 rings (SSSR count). The maximum Gasteiger partial charge on any atom is 0.244 e. The number of carbonyl (C=O) groups excluding carboxylic acids is 1. The number of nitrogens with zero attached hydrogens (tertiary/aromatic N) is 2. The molecule has 0 aliphatic carbocycles. The Morgan fingerprint density at radius 1 is 1.04 bits per heavy atom. The Morgan fingerprint density at radius 3 is 2.64 bits per heavy atom. The second-order valence-corrected chi connectivity index (χ2v) is 6.80. The summed E-state index contributed by atoms with van der Waals surface area (Å²) in [6, 6.07) is 22.1. The van der Waals surface area contributed by atoms with Crippen molar-refractivity contribution in [2.24, 2.45) is 0 Å². The fourth-order valence-corrected chi connectivity index (χ4v) is 3.34. The molecule has 1 heterocycles. The van der Waals surface area contributed by atoms with Gasteiger partial charge in [0.2, 0.25) is 5.91 Å². The standard InChI is InChI=1S/C23H20FN3O/c1-16-7-6-8-17(13-16)14-22-25-20-11-4-5-12-21(20)27(22)15-23(28)26-19-10-3-2-9-18(19)24/h2-13H,14-15H2,1H3,(H,26,28). The van der Waals surface area contributed by atoms with Gasteiger partial charge in [0.1, 0.15) is 18.2 Å². The summed E-state index contributed by atoms with van der Waals surface area (Å²) >= 11 is 0. The van der Waals surface area contributed by atoms with Gasteiger partial charge in [-0.3, -0.25) is 4.79 Å². The number of fused-ring (bicyclic) bond motifs is 1. The van der Waals surface area contributed by atoms with E-state index in [9.17, 15) is 9.18 Å². The van der Waals surface area contributed by atoms with Gasteiger partial charge in [0, 0.05) is 6.42 Å². The summed E-state index contributed by atoms with van der Waals surface area (Å²) in [6.45, 7) is 2.12. The van der Waals surface area contributed by atoms with Crippen LogP contribution in [-0.4, -0.2) is 15.5 Å². The second-order valence-electron chi connectivity index (χ2n) is 6.80. The molecular weight excluding hydrogens is 353 g/mol. The van der Waals surface area contributed by atoms with Gasteiger partial charge in [0.15, 0.2) is 0 Å². The molecule has 0 radical (unpaired) electrons. The number of benzene rings is 3. The number of hydrogen-bond acceptors (Lipinski definition) is 2. The highest BCUT2D eigenvalue weighted by Gasteiger charge is 2.15. The molecule has 0 aliphatic heterocycles. The lowest BCUT2D eigenvalue weighted by Crippen LogP contribution is -2.21. The monoisotopic (exact) mass is 373 g/mol. The second kappa shape index (κ2) is 7.64. The Kier molecular flexibility index (Phi) is 4.89. The topological polar surface area (TPSA) is 46.9 Å². The lowest BCUT2D eigenvalue weighted by molar-refractivity contribution is -0.116. The molecule has 0 bridgehead atoms. The maximum atomic E-state index is 13.9. The summed E-state index contributed by atoms with van der Waals surface area (Å²) in [4.78, 5) is 17.3. The average molecular weight is 373 g/mol. The van der Waals surface area contributed by atoms with E-state index in [0.29, 0.717) is 6.42 Å². The molecule has 1 amide bonds. The van der Waals surface area contributed by atoms with Crippen LogP contribution in [0.2, 0.25) is 0 Å². The summed E-state index contributed by atoms with van der Waals surface area (Å²) in [5.74, 6) is 0.0561. The van der Waals surface area contributed by atoms with E-state index < -0.39 is 5.82 Å². The molecule has 0 unspecified atom stereocenters. The summed E-state index contributed by atoms with van der Waals surface area (Å²) < 4.78 is 15.7. The van der Waals surface area contributed by atoms with Crippen molar-refractivity contribution in [1.82, 2.24) is 9.55 Å². The lowest BCUT2D eigenvalue weighted by Gasteiger charge is -2.11. The molecule has 0 atom stereocenters. The van der Waals surface area contributed by atoms with Crippen LogP contribution in [0.5, 0.6) is 0 Å². The third-order valence-corrected chi connectivity index (χ3v) is 4.63.